The zero-order chi connectivity index (χ0) is 38.9. The Morgan fingerprint density at radius 2 is 1.12 bits per heavy atom. The summed E-state index contributed by atoms with van der Waals surface area (Å²) in [6.07, 6.45) is 4.20. The first-order chi connectivity index (χ1) is 28.1. The van der Waals surface area contributed by atoms with Crippen molar-refractivity contribution in [2.24, 2.45) is 0 Å². The Morgan fingerprint density at radius 1 is 0.544 bits per heavy atom. The average Bonchev–Trinajstić information content (AvgIpc) is 3.62. The molecule has 0 bridgehead atoms. The summed E-state index contributed by atoms with van der Waals surface area (Å²) in [6.45, 7) is 9.94. The molecule has 0 amide bonds. The van der Waals surface area contributed by atoms with Gasteiger partial charge in [0.15, 0.2) is 11.6 Å². The summed E-state index contributed by atoms with van der Waals surface area (Å²) in [5.41, 5.74) is 11.4. The van der Waals surface area contributed by atoms with E-state index in [-0.39, 0.29) is 0 Å². The minimum atomic E-state index is -0.487. The molecule has 0 saturated heterocycles. The first-order valence-corrected chi connectivity index (χ1v) is 19.2. The third-order valence-corrected chi connectivity index (χ3v) is 10.7. The first-order valence-electron chi connectivity index (χ1n) is 19.2. The molecule has 7 aromatic carbocycles. The quantitative estimate of drug-likeness (QED) is 0.170. The van der Waals surface area contributed by atoms with Crippen LogP contribution in [-0.4, -0.2) is 19.5 Å². The fourth-order valence-corrected chi connectivity index (χ4v) is 8.56. The largest absolute Gasteiger partial charge is 0.457 e. The highest BCUT2D eigenvalue weighted by atomic mass is 16.5. The summed E-state index contributed by atoms with van der Waals surface area (Å²) in [5.74, 6) is 3.99. The second-order valence-corrected chi connectivity index (χ2v) is 13.9. The van der Waals surface area contributed by atoms with Crippen LogP contribution >= 0.6 is 0 Å². The summed E-state index contributed by atoms with van der Waals surface area (Å²) >= 11 is 0. The van der Waals surface area contributed by atoms with Crippen molar-refractivity contribution in [3.8, 4) is 40.0 Å². The van der Waals surface area contributed by atoms with Gasteiger partial charge in [-0.15, -0.1) is 13.2 Å². The lowest BCUT2D eigenvalue weighted by Crippen LogP contribution is -2.37. The van der Waals surface area contributed by atoms with Crippen LogP contribution in [0, 0.1) is 6.92 Å². The Kier molecular flexibility index (Phi) is 9.11. The maximum absolute atomic E-state index is 6.61. The van der Waals surface area contributed by atoms with Gasteiger partial charge in [-0.05, 0) is 54.8 Å². The monoisotopic (exact) mass is 736 g/mol. The Balaban J connectivity index is 0.000000170. The molecule has 0 N–H and O–H groups in total. The van der Waals surface area contributed by atoms with Crippen molar-refractivity contribution in [1.29, 1.82) is 0 Å². The van der Waals surface area contributed by atoms with E-state index in [0.717, 1.165) is 34.0 Å². The summed E-state index contributed by atoms with van der Waals surface area (Å²) in [4.78, 5) is 13.4. The minimum Gasteiger partial charge on any atom is -0.457 e. The molecule has 5 nitrogen and oxygen atoms in total. The van der Waals surface area contributed by atoms with Gasteiger partial charge in [-0.1, -0.05) is 158 Å². The maximum atomic E-state index is 6.61. The van der Waals surface area contributed by atoms with Gasteiger partial charge in [0.1, 0.15) is 17.3 Å². The molecule has 4 heterocycles. The van der Waals surface area contributed by atoms with Crippen molar-refractivity contribution in [3.05, 3.63) is 223 Å². The number of fused-ring (bicyclic) bond motifs is 11. The van der Waals surface area contributed by atoms with Gasteiger partial charge in [-0.3, -0.25) is 0 Å². The molecule has 0 radical (unpaired) electrons. The second kappa shape index (κ2) is 14.7. The molecule has 9 aromatic rings. The number of hydrogen-bond acceptors (Lipinski definition) is 4. The van der Waals surface area contributed by atoms with Gasteiger partial charge < -0.3 is 9.30 Å². The molecule has 0 saturated carbocycles. The van der Waals surface area contributed by atoms with Crippen LogP contribution in [0.1, 0.15) is 40.6 Å². The van der Waals surface area contributed by atoms with Crippen LogP contribution in [0.4, 0.5) is 0 Å². The van der Waals surface area contributed by atoms with Crippen LogP contribution in [0.25, 0.3) is 56.3 Å². The fourth-order valence-electron chi connectivity index (χ4n) is 8.56. The number of nitrogens with zero attached hydrogens (tertiary/aromatic N) is 4. The van der Waals surface area contributed by atoms with Crippen molar-refractivity contribution < 1.29 is 4.74 Å². The fraction of sp³-hybridized carbons (Fsp3) is 0.0577. The van der Waals surface area contributed by atoms with E-state index in [9.17, 15) is 0 Å². The Labute approximate surface area is 333 Å². The number of rotatable bonds is 3. The average molecular weight is 737 g/mol. The van der Waals surface area contributed by atoms with Gasteiger partial charge >= 0.3 is 0 Å². The summed E-state index contributed by atoms with van der Waals surface area (Å²) in [7, 11) is 0. The van der Waals surface area contributed by atoms with Crippen molar-refractivity contribution in [3.63, 3.8) is 0 Å². The third-order valence-electron chi connectivity index (χ3n) is 10.7. The van der Waals surface area contributed by atoms with Gasteiger partial charge in [0, 0.05) is 33.0 Å². The van der Waals surface area contributed by atoms with Crippen LogP contribution in [-0.2, 0) is 5.41 Å². The number of aromatic nitrogens is 4. The van der Waals surface area contributed by atoms with E-state index >= 15 is 0 Å². The van der Waals surface area contributed by atoms with Crippen LogP contribution < -0.4 is 4.74 Å². The lowest BCUT2D eigenvalue weighted by atomic mass is 9.61. The number of allylic oxidation sites excluding steroid dienone is 1. The molecule has 11 rings (SSSR count). The van der Waals surface area contributed by atoms with Gasteiger partial charge in [0.25, 0.3) is 0 Å². The number of aryl methyl sites for hydroxylation is 1. The van der Waals surface area contributed by atoms with Crippen molar-refractivity contribution in [1.82, 2.24) is 19.5 Å². The summed E-state index contributed by atoms with van der Waals surface area (Å²) < 4.78 is 9.07. The van der Waals surface area contributed by atoms with E-state index in [2.05, 4.69) is 154 Å². The molecule has 1 spiro atoms. The normalized spacial score (nSPS) is 14.4. The molecular formula is C52H40N4O. The predicted molar refractivity (Wildman–Crippen MR) is 234 cm³/mol. The second-order valence-electron chi connectivity index (χ2n) is 13.9. The van der Waals surface area contributed by atoms with Crippen LogP contribution in [0.5, 0.6) is 11.5 Å². The third kappa shape index (κ3) is 5.75. The SMILES string of the molecule is C/C=C/c1ccc2c(c1)Oc1ccccc1C21c2ccccc2-n2c3ccccc3c3cccc1c32.C=C.Cc1nc(-c2ccccc2)nc(-c2ccccc2)n1. The molecule has 274 valence electrons. The number of benzene rings is 7. The first kappa shape index (κ1) is 35.3. The molecule has 57 heavy (non-hydrogen) atoms. The Hall–Kier alpha value is -7.37. The summed E-state index contributed by atoms with van der Waals surface area (Å²) in [5, 5.41) is 2.57. The highest BCUT2D eigenvalue weighted by Crippen LogP contribution is 2.60. The summed E-state index contributed by atoms with van der Waals surface area (Å²) in [6, 6.07) is 59.6. The molecule has 1 unspecified atom stereocenters. The lowest BCUT2D eigenvalue weighted by Gasteiger charge is -2.45. The molecule has 1 atom stereocenters. The van der Waals surface area contributed by atoms with Crippen molar-refractivity contribution in [2.75, 3.05) is 0 Å². The zero-order valence-corrected chi connectivity index (χ0v) is 31.9. The van der Waals surface area contributed by atoms with E-state index in [1.54, 1.807) is 0 Å². The van der Waals surface area contributed by atoms with Crippen LogP contribution in [0.3, 0.4) is 0 Å². The highest BCUT2D eigenvalue weighted by Gasteiger charge is 2.50. The number of ether oxygens (including phenoxy) is 1. The van der Waals surface area contributed by atoms with Crippen molar-refractivity contribution in [2.45, 2.75) is 19.3 Å². The van der Waals surface area contributed by atoms with Crippen molar-refractivity contribution >= 4 is 27.9 Å². The molecule has 2 aliphatic rings. The van der Waals surface area contributed by atoms with Gasteiger partial charge in [-0.25, -0.2) is 15.0 Å². The molecule has 0 aliphatic carbocycles. The van der Waals surface area contributed by atoms with E-state index in [0.29, 0.717) is 11.6 Å². The lowest BCUT2D eigenvalue weighted by molar-refractivity contribution is 0.434. The van der Waals surface area contributed by atoms with E-state index in [4.69, 9.17) is 4.74 Å². The van der Waals surface area contributed by atoms with E-state index in [1.807, 2.05) is 74.5 Å². The van der Waals surface area contributed by atoms with Gasteiger partial charge in [0.05, 0.1) is 22.1 Å². The molecule has 2 aliphatic heterocycles. The highest BCUT2D eigenvalue weighted by molar-refractivity contribution is 6.12. The molecule has 0 fully saturated rings. The van der Waals surface area contributed by atoms with E-state index in [1.165, 1.54) is 49.7 Å². The molecule has 2 aromatic heterocycles. The Morgan fingerprint density at radius 3 is 1.84 bits per heavy atom. The molecular weight excluding hydrogens is 697 g/mol. The standard InChI is InChI=1S/C34H23NO.C16H13N3.C2H4/c1-2-10-22-19-20-27-32(21-22)36-31-18-8-5-14-26(31)34(27)25-13-4-7-17-30(25)35-29-16-6-3-11-23(29)24-12-9-15-28(34)33(24)35;1-12-17-15(13-8-4-2-5-9-13)19-16(18-12)14-10-6-3-7-11-14;1-2/h2-21H,1H3;2-11H,1H3;1-2H2/b10-2+;;. The topological polar surface area (TPSA) is 52.8 Å². The minimum absolute atomic E-state index is 0.487. The predicted octanol–water partition coefficient (Wildman–Crippen LogP) is 12.9. The zero-order valence-electron chi connectivity index (χ0n) is 31.9. The molecule has 5 heteroatoms. The van der Waals surface area contributed by atoms with E-state index < -0.39 is 5.41 Å². The Bertz CT molecular complexity index is 2890. The van der Waals surface area contributed by atoms with Crippen LogP contribution in [0.2, 0.25) is 0 Å². The van der Waals surface area contributed by atoms with Gasteiger partial charge in [-0.2, -0.15) is 0 Å². The number of para-hydroxylation sites is 4. The van der Waals surface area contributed by atoms with Gasteiger partial charge in [0.2, 0.25) is 0 Å². The number of hydrogen-bond donors (Lipinski definition) is 0. The smallest absolute Gasteiger partial charge is 0.163 e. The maximum Gasteiger partial charge on any atom is 0.163 e. The van der Waals surface area contributed by atoms with Crippen LogP contribution in [0.15, 0.2) is 189 Å².